The van der Waals surface area contributed by atoms with Gasteiger partial charge in [-0.3, -0.25) is 9.36 Å². The number of nitrogens with one attached hydrogen (secondary N) is 1. The van der Waals surface area contributed by atoms with Gasteiger partial charge in [-0.05, 0) is 36.4 Å². The van der Waals surface area contributed by atoms with Crippen molar-refractivity contribution in [2.24, 2.45) is 0 Å². The number of hydrogen-bond acceptors (Lipinski definition) is 4. The Labute approximate surface area is 127 Å². The van der Waals surface area contributed by atoms with Crippen molar-refractivity contribution in [3.8, 4) is 0 Å². The molecule has 2 heterocycles. The summed E-state index contributed by atoms with van der Waals surface area (Å²) in [6.45, 7) is 3.50. The van der Waals surface area contributed by atoms with Crippen LogP contribution >= 0.6 is 11.3 Å². The monoisotopic (exact) mass is 299 g/mol. The maximum atomic E-state index is 12.3. The highest BCUT2D eigenvalue weighted by atomic mass is 32.1. The molecule has 0 aliphatic carbocycles. The lowest BCUT2D eigenvalue weighted by Crippen LogP contribution is -2.21. The van der Waals surface area contributed by atoms with Gasteiger partial charge in [0, 0.05) is 18.8 Å². The third kappa shape index (κ3) is 2.97. The van der Waals surface area contributed by atoms with Crippen LogP contribution in [0.25, 0.3) is 10.2 Å². The molecule has 2 aromatic heterocycles. The van der Waals surface area contributed by atoms with E-state index in [9.17, 15) is 4.79 Å². The van der Waals surface area contributed by atoms with E-state index in [1.165, 1.54) is 11.3 Å². The third-order valence-electron chi connectivity index (χ3n) is 3.40. The molecule has 0 radical (unpaired) electrons. The quantitative estimate of drug-likeness (QED) is 0.736. The van der Waals surface area contributed by atoms with Crippen LogP contribution in [0.2, 0.25) is 0 Å². The molecule has 0 unspecified atom stereocenters. The topological polar surface area (TPSA) is 46.9 Å². The van der Waals surface area contributed by atoms with Crippen molar-refractivity contribution in [3.63, 3.8) is 0 Å². The van der Waals surface area contributed by atoms with Gasteiger partial charge in [0.15, 0.2) is 0 Å². The van der Waals surface area contributed by atoms with Crippen LogP contribution in [0.4, 0.5) is 5.69 Å². The number of rotatable bonds is 5. The Bertz CT molecular complexity index is 792. The summed E-state index contributed by atoms with van der Waals surface area (Å²) in [5.41, 5.74) is 3.08. The fourth-order valence-corrected chi connectivity index (χ4v) is 3.21. The van der Waals surface area contributed by atoms with Crippen LogP contribution in [0.1, 0.15) is 12.0 Å². The van der Waals surface area contributed by atoms with Crippen molar-refractivity contribution >= 4 is 27.2 Å². The molecule has 0 saturated heterocycles. The third-order valence-corrected chi connectivity index (χ3v) is 4.48. The predicted molar refractivity (Wildman–Crippen MR) is 88.2 cm³/mol. The first-order chi connectivity index (χ1) is 10.3. The number of hydrogen-bond donors (Lipinski definition) is 1. The van der Waals surface area contributed by atoms with Gasteiger partial charge in [0.2, 0.25) is 0 Å². The minimum absolute atomic E-state index is 0.0674. The van der Waals surface area contributed by atoms with Crippen LogP contribution in [-0.2, 0) is 6.54 Å². The summed E-state index contributed by atoms with van der Waals surface area (Å²) in [5.74, 6) is 0. The first-order valence-electron chi connectivity index (χ1n) is 6.98. The molecule has 21 heavy (non-hydrogen) atoms. The summed E-state index contributed by atoms with van der Waals surface area (Å²) >= 11 is 1.48. The van der Waals surface area contributed by atoms with E-state index in [-0.39, 0.29) is 5.56 Å². The molecular formula is C16H17N3OS. The van der Waals surface area contributed by atoms with Crippen molar-refractivity contribution in [2.45, 2.75) is 19.9 Å². The second-order valence-corrected chi connectivity index (χ2v) is 5.87. The average Bonchev–Trinajstić information content (AvgIpc) is 2.89. The van der Waals surface area contributed by atoms with Gasteiger partial charge in [0.25, 0.3) is 5.56 Å². The molecule has 0 aliphatic heterocycles. The zero-order valence-corrected chi connectivity index (χ0v) is 12.7. The minimum atomic E-state index is 0.0674. The molecule has 4 nitrogen and oxygen atoms in total. The highest BCUT2D eigenvalue weighted by Gasteiger charge is 2.07. The van der Waals surface area contributed by atoms with Crippen molar-refractivity contribution < 1.29 is 0 Å². The van der Waals surface area contributed by atoms with Gasteiger partial charge >= 0.3 is 0 Å². The second-order valence-electron chi connectivity index (χ2n) is 4.99. The van der Waals surface area contributed by atoms with Crippen LogP contribution in [0.5, 0.6) is 0 Å². The predicted octanol–water partition coefficient (Wildman–Crippen LogP) is 3.27. The van der Waals surface area contributed by atoms with Gasteiger partial charge < -0.3 is 5.32 Å². The van der Waals surface area contributed by atoms with E-state index in [4.69, 9.17) is 0 Å². The summed E-state index contributed by atoms with van der Waals surface area (Å²) in [7, 11) is 0. The average molecular weight is 299 g/mol. The minimum Gasteiger partial charge on any atom is -0.385 e. The second kappa shape index (κ2) is 6.10. The number of para-hydroxylation sites is 1. The SMILES string of the molecule is Cc1csc2c(=O)n(CCCNc3ccccc3)cnc12. The number of aromatic nitrogens is 2. The molecule has 0 spiro atoms. The molecular weight excluding hydrogens is 282 g/mol. The Morgan fingerprint density at radius 2 is 2.10 bits per heavy atom. The van der Waals surface area contributed by atoms with Crippen molar-refractivity contribution in [3.05, 3.63) is 58.0 Å². The van der Waals surface area contributed by atoms with Crippen molar-refractivity contribution in [1.29, 1.82) is 0 Å². The van der Waals surface area contributed by atoms with Crippen LogP contribution < -0.4 is 10.9 Å². The Morgan fingerprint density at radius 3 is 2.90 bits per heavy atom. The standard InChI is InChI=1S/C16H17N3OS/c1-12-10-21-15-14(12)18-11-19(16(15)20)9-5-8-17-13-6-3-2-4-7-13/h2-4,6-7,10-11,17H,5,8-9H2,1H3. The molecule has 0 fully saturated rings. The zero-order valence-electron chi connectivity index (χ0n) is 11.9. The summed E-state index contributed by atoms with van der Waals surface area (Å²) in [4.78, 5) is 16.7. The van der Waals surface area contributed by atoms with E-state index in [0.29, 0.717) is 6.54 Å². The fraction of sp³-hybridized carbons (Fsp3) is 0.250. The van der Waals surface area contributed by atoms with Crippen LogP contribution in [0.15, 0.2) is 46.8 Å². The van der Waals surface area contributed by atoms with E-state index in [1.54, 1.807) is 10.9 Å². The Morgan fingerprint density at radius 1 is 1.29 bits per heavy atom. The van der Waals surface area contributed by atoms with Gasteiger partial charge in [-0.15, -0.1) is 11.3 Å². The lowest BCUT2D eigenvalue weighted by atomic mass is 10.3. The Kier molecular flexibility index (Phi) is 4.01. The maximum absolute atomic E-state index is 12.3. The molecule has 0 bridgehead atoms. The van der Waals surface area contributed by atoms with Gasteiger partial charge in [0.1, 0.15) is 4.70 Å². The first-order valence-corrected chi connectivity index (χ1v) is 7.86. The van der Waals surface area contributed by atoms with Gasteiger partial charge in [-0.2, -0.15) is 0 Å². The first kappa shape index (κ1) is 13.8. The number of thiophene rings is 1. The molecule has 1 N–H and O–H groups in total. The van der Waals surface area contributed by atoms with E-state index >= 15 is 0 Å². The van der Waals surface area contributed by atoms with Gasteiger partial charge in [-0.25, -0.2) is 4.98 Å². The molecule has 5 heteroatoms. The van der Waals surface area contributed by atoms with E-state index in [0.717, 1.165) is 34.4 Å². The summed E-state index contributed by atoms with van der Waals surface area (Å²) in [6.07, 6.45) is 2.54. The van der Waals surface area contributed by atoms with Crippen LogP contribution in [-0.4, -0.2) is 16.1 Å². The number of nitrogens with zero attached hydrogens (tertiary/aromatic N) is 2. The van der Waals surface area contributed by atoms with Crippen LogP contribution in [0, 0.1) is 6.92 Å². The Hall–Kier alpha value is -2.14. The molecule has 3 aromatic rings. The maximum Gasteiger partial charge on any atom is 0.271 e. The van der Waals surface area contributed by atoms with Crippen molar-refractivity contribution in [2.75, 3.05) is 11.9 Å². The summed E-state index contributed by atoms with van der Waals surface area (Å²) < 4.78 is 2.45. The summed E-state index contributed by atoms with van der Waals surface area (Å²) in [6, 6.07) is 10.1. The molecule has 1 aromatic carbocycles. The number of anilines is 1. The van der Waals surface area contributed by atoms with E-state index in [2.05, 4.69) is 10.3 Å². The van der Waals surface area contributed by atoms with Crippen LogP contribution in [0.3, 0.4) is 0 Å². The van der Waals surface area contributed by atoms with Crippen molar-refractivity contribution in [1.82, 2.24) is 9.55 Å². The van der Waals surface area contributed by atoms with Gasteiger partial charge in [-0.1, -0.05) is 18.2 Å². The fourth-order valence-electron chi connectivity index (χ4n) is 2.26. The summed E-state index contributed by atoms with van der Waals surface area (Å²) in [5, 5.41) is 5.33. The highest BCUT2D eigenvalue weighted by molar-refractivity contribution is 7.17. The Balaban J connectivity index is 1.63. The number of benzene rings is 1. The van der Waals surface area contributed by atoms with E-state index < -0.39 is 0 Å². The molecule has 0 aliphatic rings. The number of fused-ring (bicyclic) bond motifs is 1. The lowest BCUT2D eigenvalue weighted by Gasteiger charge is -2.07. The largest absolute Gasteiger partial charge is 0.385 e. The molecule has 108 valence electrons. The highest BCUT2D eigenvalue weighted by Crippen LogP contribution is 2.19. The molecule has 0 amide bonds. The zero-order chi connectivity index (χ0) is 14.7. The number of aryl methyl sites for hydroxylation is 2. The lowest BCUT2D eigenvalue weighted by molar-refractivity contribution is 0.634. The van der Waals surface area contributed by atoms with E-state index in [1.807, 2.05) is 42.6 Å². The normalized spacial score (nSPS) is 10.9. The van der Waals surface area contributed by atoms with Gasteiger partial charge in [0.05, 0.1) is 11.8 Å². The molecule has 0 atom stereocenters. The molecule has 3 rings (SSSR count). The smallest absolute Gasteiger partial charge is 0.271 e. The molecule has 0 saturated carbocycles.